The van der Waals surface area contributed by atoms with Gasteiger partial charge in [0.1, 0.15) is 10.8 Å². The van der Waals surface area contributed by atoms with Gasteiger partial charge in [-0.05, 0) is 18.2 Å². The average Bonchev–Trinajstić information content (AvgIpc) is 2.55. The predicted molar refractivity (Wildman–Crippen MR) is 73.1 cm³/mol. The molecule has 4 nitrogen and oxygen atoms in total. The fourth-order valence-electron chi connectivity index (χ4n) is 2.04. The number of anilines is 1. The Kier molecular flexibility index (Phi) is 3.36. The lowest BCUT2D eigenvalue weighted by molar-refractivity contribution is -0.122. The number of imide groups is 1. The van der Waals surface area contributed by atoms with Crippen molar-refractivity contribution in [3.63, 3.8) is 0 Å². The first-order valence-corrected chi connectivity index (χ1v) is 6.22. The second-order valence-corrected chi connectivity index (χ2v) is 5.06. The molecule has 6 heteroatoms. The molecule has 0 aromatic heterocycles. The first-order valence-electron chi connectivity index (χ1n) is 5.81. The lowest BCUT2D eigenvalue weighted by Crippen LogP contribution is -2.31. The van der Waals surface area contributed by atoms with E-state index in [0.717, 1.165) is 11.0 Å². The van der Waals surface area contributed by atoms with Gasteiger partial charge in [0.15, 0.2) is 0 Å². The van der Waals surface area contributed by atoms with E-state index in [0.29, 0.717) is 5.69 Å². The molecule has 100 valence electrons. The number of hydrogen-bond acceptors (Lipinski definition) is 3. The highest BCUT2D eigenvalue weighted by atomic mass is 32.1. The summed E-state index contributed by atoms with van der Waals surface area (Å²) in [6.45, 7) is 3.39. The first-order chi connectivity index (χ1) is 8.84. The predicted octanol–water partition coefficient (Wildman–Crippen LogP) is 1.61. The number of halogens is 1. The summed E-state index contributed by atoms with van der Waals surface area (Å²) in [7, 11) is 0. The highest BCUT2D eigenvalue weighted by Gasteiger charge is 2.43. The maximum atomic E-state index is 13.5. The molecule has 2 unspecified atom stereocenters. The number of rotatable bonds is 2. The summed E-state index contributed by atoms with van der Waals surface area (Å²) >= 11 is 4.74. The SMILES string of the molecule is CC1C(=O)N(c2ccc(F)c(C(N)=S)c2)C(=O)C1C. The Morgan fingerprint density at radius 2 is 1.79 bits per heavy atom. The lowest BCUT2D eigenvalue weighted by atomic mass is 10.00. The van der Waals surface area contributed by atoms with E-state index < -0.39 is 5.82 Å². The molecule has 0 aliphatic carbocycles. The summed E-state index contributed by atoms with van der Waals surface area (Å²) in [5.74, 6) is -1.93. The summed E-state index contributed by atoms with van der Waals surface area (Å²) in [6.07, 6.45) is 0. The molecule has 19 heavy (non-hydrogen) atoms. The third kappa shape index (κ3) is 2.12. The fourth-order valence-corrected chi connectivity index (χ4v) is 2.20. The van der Waals surface area contributed by atoms with E-state index >= 15 is 0 Å². The number of nitrogens with two attached hydrogens (primary N) is 1. The van der Waals surface area contributed by atoms with Crippen LogP contribution in [0.3, 0.4) is 0 Å². The number of benzene rings is 1. The van der Waals surface area contributed by atoms with Crippen LogP contribution in [0.2, 0.25) is 0 Å². The van der Waals surface area contributed by atoms with Gasteiger partial charge in [-0.3, -0.25) is 14.5 Å². The van der Waals surface area contributed by atoms with Crippen LogP contribution in [0.25, 0.3) is 0 Å². The lowest BCUT2D eigenvalue weighted by Gasteiger charge is -2.15. The number of thiocarbonyl (C=S) groups is 1. The third-order valence-corrected chi connectivity index (χ3v) is 3.66. The van der Waals surface area contributed by atoms with Gasteiger partial charge >= 0.3 is 0 Å². The van der Waals surface area contributed by atoms with Crippen LogP contribution in [0.15, 0.2) is 18.2 Å². The van der Waals surface area contributed by atoms with Gasteiger partial charge in [0, 0.05) is 17.4 Å². The molecular formula is C13H13FN2O2S. The molecule has 2 N–H and O–H groups in total. The van der Waals surface area contributed by atoms with Gasteiger partial charge in [0.2, 0.25) is 11.8 Å². The molecular weight excluding hydrogens is 267 g/mol. The van der Waals surface area contributed by atoms with Gasteiger partial charge in [0.05, 0.1) is 5.69 Å². The smallest absolute Gasteiger partial charge is 0.237 e. The van der Waals surface area contributed by atoms with Crippen LogP contribution in [-0.4, -0.2) is 16.8 Å². The molecule has 1 aromatic carbocycles. The van der Waals surface area contributed by atoms with Crippen molar-refractivity contribution in [1.82, 2.24) is 0 Å². The average molecular weight is 280 g/mol. The van der Waals surface area contributed by atoms with Crippen molar-refractivity contribution >= 4 is 34.7 Å². The molecule has 2 rings (SSSR count). The largest absolute Gasteiger partial charge is 0.389 e. The van der Waals surface area contributed by atoms with Crippen LogP contribution in [0.5, 0.6) is 0 Å². The second-order valence-electron chi connectivity index (χ2n) is 4.62. The number of carbonyl (C=O) groups is 2. The van der Waals surface area contributed by atoms with Crippen molar-refractivity contribution in [2.75, 3.05) is 4.90 Å². The van der Waals surface area contributed by atoms with Crippen molar-refractivity contribution in [2.45, 2.75) is 13.8 Å². The zero-order valence-corrected chi connectivity index (χ0v) is 11.3. The molecule has 1 aromatic rings. The van der Waals surface area contributed by atoms with Crippen molar-refractivity contribution < 1.29 is 14.0 Å². The van der Waals surface area contributed by atoms with Crippen molar-refractivity contribution in [3.8, 4) is 0 Å². The van der Waals surface area contributed by atoms with Crippen LogP contribution in [0, 0.1) is 17.7 Å². The van der Waals surface area contributed by atoms with Gasteiger partial charge in [0.25, 0.3) is 0 Å². The molecule has 2 amide bonds. The van der Waals surface area contributed by atoms with Gasteiger partial charge < -0.3 is 5.73 Å². The number of hydrogen-bond donors (Lipinski definition) is 1. The Balaban J connectivity index is 2.48. The first kappa shape index (κ1) is 13.6. The molecule has 0 bridgehead atoms. The molecule has 2 atom stereocenters. The maximum Gasteiger partial charge on any atom is 0.237 e. The summed E-state index contributed by atoms with van der Waals surface area (Å²) in [5.41, 5.74) is 5.74. The van der Waals surface area contributed by atoms with Gasteiger partial charge in [-0.25, -0.2) is 4.39 Å². The Labute approximate surface area is 115 Å². The Bertz CT molecular complexity index is 568. The normalized spacial score (nSPS) is 23.0. The van der Waals surface area contributed by atoms with Crippen LogP contribution in [-0.2, 0) is 9.59 Å². The minimum atomic E-state index is -0.573. The quantitative estimate of drug-likeness (QED) is 0.660. The van der Waals surface area contributed by atoms with E-state index in [1.807, 2.05) is 0 Å². The topological polar surface area (TPSA) is 63.4 Å². The Hall–Kier alpha value is -1.82. The monoisotopic (exact) mass is 280 g/mol. The zero-order valence-electron chi connectivity index (χ0n) is 10.5. The van der Waals surface area contributed by atoms with Gasteiger partial charge in [-0.1, -0.05) is 26.1 Å². The molecule has 0 saturated carbocycles. The van der Waals surface area contributed by atoms with Crippen molar-refractivity contribution in [3.05, 3.63) is 29.6 Å². The molecule has 0 radical (unpaired) electrons. The van der Waals surface area contributed by atoms with Gasteiger partial charge in [-0.15, -0.1) is 0 Å². The number of amides is 2. The van der Waals surface area contributed by atoms with Crippen LogP contribution in [0.1, 0.15) is 19.4 Å². The van der Waals surface area contributed by atoms with Crippen LogP contribution in [0.4, 0.5) is 10.1 Å². The van der Waals surface area contributed by atoms with E-state index in [2.05, 4.69) is 0 Å². The summed E-state index contributed by atoms with van der Waals surface area (Å²) in [4.78, 5) is 25.0. The molecule has 1 fully saturated rings. The van der Waals surface area contributed by atoms with E-state index in [4.69, 9.17) is 18.0 Å². The molecule has 1 saturated heterocycles. The van der Waals surface area contributed by atoms with E-state index in [9.17, 15) is 14.0 Å². The number of nitrogens with zero attached hydrogens (tertiary/aromatic N) is 1. The molecule has 1 heterocycles. The van der Waals surface area contributed by atoms with Crippen molar-refractivity contribution in [2.24, 2.45) is 17.6 Å². The Morgan fingerprint density at radius 1 is 1.26 bits per heavy atom. The number of carbonyl (C=O) groups excluding carboxylic acids is 2. The van der Waals surface area contributed by atoms with E-state index in [1.54, 1.807) is 13.8 Å². The fraction of sp³-hybridized carbons (Fsp3) is 0.308. The molecule has 1 aliphatic rings. The van der Waals surface area contributed by atoms with Crippen LogP contribution >= 0.6 is 12.2 Å². The van der Waals surface area contributed by atoms with E-state index in [1.165, 1.54) is 12.1 Å². The highest BCUT2D eigenvalue weighted by Crippen LogP contribution is 2.31. The molecule has 1 aliphatic heterocycles. The summed E-state index contributed by atoms with van der Waals surface area (Å²) in [5, 5.41) is 0. The zero-order chi connectivity index (χ0) is 14.3. The van der Waals surface area contributed by atoms with Crippen LogP contribution < -0.4 is 10.6 Å². The maximum absolute atomic E-state index is 13.5. The third-order valence-electron chi connectivity index (χ3n) is 3.44. The minimum Gasteiger partial charge on any atom is -0.389 e. The highest BCUT2D eigenvalue weighted by molar-refractivity contribution is 7.80. The molecule has 0 spiro atoms. The van der Waals surface area contributed by atoms with E-state index in [-0.39, 0.29) is 34.2 Å². The minimum absolute atomic E-state index is 0.0281. The Morgan fingerprint density at radius 3 is 2.26 bits per heavy atom. The standard InChI is InChI=1S/C13H13FN2O2S/c1-6-7(2)13(18)16(12(6)17)8-3-4-10(14)9(5-8)11(15)19/h3-7H,1-2H3,(H2,15,19). The summed E-state index contributed by atoms with van der Waals surface area (Å²) in [6, 6.07) is 3.86. The van der Waals surface area contributed by atoms with Crippen molar-refractivity contribution in [1.29, 1.82) is 0 Å². The summed E-state index contributed by atoms with van der Waals surface area (Å²) < 4.78 is 13.5. The second kappa shape index (κ2) is 4.70. The van der Waals surface area contributed by atoms with Gasteiger partial charge in [-0.2, -0.15) is 0 Å².